The minimum atomic E-state index is 0.358. The van der Waals surface area contributed by atoms with Crippen molar-refractivity contribution in [2.75, 3.05) is 6.54 Å². The Balaban J connectivity index is 2.52. The Bertz CT molecular complexity index is 471. The Hall–Kier alpha value is -1.61. The molecule has 3 nitrogen and oxygen atoms in total. The second-order valence-electron chi connectivity index (χ2n) is 4.46. The van der Waals surface area contributed by atoms with Crippen LogP contribution in [0, 0.1) is 0 Å². The summed E-state index contributed by atoms with van der Waals surface area (Å²) in [4.78, 5) is 0. The number of rotatable bonds is 4. The molecule has 2 rings (SSSR count). The van der Waals surface area contributed by atoms with Crippen molar-refractivity contribution in [1.82, 2.24) is 9.78 Å². The lowest BCUT2D eigenvalue weighted by Crippen LogP contribution is -2.07. The van der Waals surface area contributed by atoms with Crippen LogP contribution in [0.2, 0.25) is 0 Å². The molecule has 0 aliphatic heterocycles. The standard InChI is InChI=1S/C14H19N3/c1-11(2)17-14(12-6-4-3-5-7-12)13(8-9-15)10-16-17/h3-7,10-11H,8-9,15H2,1-2H3. The van der Waals surface area contributed by atoms with Crippen molar-refractivity contribution in [2.24, 2.45) is 5.73 Å². The molecule has 1 aromatic carbocycles. The van der Waals surface area contributed by atoms with Gasteiger partial charge in [-0.15, -0.1) is 0 Å². The van der Waals surface area contributed by atoms with Crippen LogP contribution in [-0.4, -0.2) is 16.3 Å². The summed E-state index contributed by atoms with van der Waals surface area (Å²) in [5, 5.41) is 4.47. The van der Waals surface area contributed by atoms with Gasteiger partial charge in [-0.25, -0.2) is 0 Å². The van der Waals surface area contributed by atoms with Gasteiger partial charge in [-0.3, -0.25) is 4.68 Å². The van der Waals surface area contributed by atoms with Crippen molar-refractivity contribution >= 4 is 0 Å². The molecule has 0 spiro atoms. The molecule has 0 saturated heterocycles. The molecule has 90 valence electrons. The topological polar surface area (TPSA) is 43.8 Å². The zero-order valence-electron chi connectivity index (χ0n) is 10.4. The lowest BCUT2D eigenvalue weighted by Gasteiger charge is -2.12. The summed E-state index contributed by atoms with van der Waals surface area (Å²) in [6.45, 7) is 4.95. The lowest BCUT2D eigenvalue weighted by molar-refractivity contribution is 0.538. The van der Waals surface area contributed by atoms with Gasteiger partial charge in [-0.05, 0) is 32.4 Å². The quantitative estimate of drug-likeness (QED) is 0.875. The second kappa shape index (κ2) is 5.15. The van der Waals surface area contributed by atoms with E-state index in [0.717, 1.165) is 6.42 Å². The van der Waals surface area contributed by atoms with Crippen LogP contribution in [0.3, 0.4) is 0 Å². The van der Waals surface area contributed by atoms with E-state index < -0.39 is 0 Å². The van der Waals surface area contributed by atoms with Gasteiger partial charge in [-0.1, -0.05) is 30.3 Å². The highest BCUT2D eigenvalue weighted by Crippen LogP contribution is 2.26. The predicted molar refractivity (Wildman–Crippen MR) is 70.8 cm³/mol. The van der Waals surface area contributed by atoms with Crippen molar-refractivity contribution in [2.45, 2.75) is 26.3 Å². The monoisotopic (exact) mass is 229 g/mol. The number of nitrogens with zero attached hydrogens (tertiary/aromatic N) is 2. The Kier molecular flexibility index (Phi) is 3.59. The highest BCUT2D eigenvalue weighted by atomic mass is 15.3. The molecule has 2 N–H and O–H groups in total. The van der Waals surface area contributed by atoms with E-state index in [-0.39, 0.29) is 0 Å². The fourth-order valence-corrected chi connectivity index (χ4v) is 2.04. The molecule has 1 aromatic heterocycles. The number of aromatic nitrogens is 2. The van der Waals surface area contributed by atoms with Gasteiger partial charge in [-0.2, -0.15) is 5.10 Å². The van der Waals surface area contributed by atoms with Gasteiger partial charge in [0.1, 0.15) is 0 Å². The average Bonchev–Trinajstić information content (AvgIpc) is 2.74. The van der Waals surface area contributed by atoms with Gasteiger partial charge in [0.25, 0.3) is 0 Å². The van der Waals surface area contributed by atoms with Crippen LogP contribution in [0.25, 0.3) is 11.3 Å². The van der Waals surface area contributed by atoms with E-state index in [4.69, 9.17) is 5.73 Å². The van der Waals surface area contributed by atoms with Crippen molar-refractivity contribution in [3.05, 3.63) is 42.1 Å². The molecular formula is C14H19N3. The molecule has 0 fully saturated rings. The third-order valence-corrected chi connectivity index (χ3v) is 2.82. The maximum atomic E-state index is 5.66. The van der Waals surface area contributed by atoms with E-state index in [9.17, 15) is 0 Å². The summed E-state index contributed by atoms with van der Waals surface area (Å²) < 4.78 is 2.07. The van der Waals surface area contributed by atoms with Crippen LogP contribution in [0.5, 0.6) is 0 Å². The van der Waals surface area contributed by atoms with Crippen LogP contribution in [0.4, 0.5) is 0 Å². The Morgan fingerprint density at radius 2 is 1.94 bits per heavy atom. The number of nitrogens with two attached hydrogens (primary N) is 1. The first kappa shape index (κ1) is 11.9. The predicted octanol–water partition coefficient (Wildman–Crippen LogP) is 2.63. The van der Waals surface area contributed by atoms with E-state index in [0.29, 0.717) is 12.6 Å². The highest BCUT2D eigenvalue weighted by molar-refractivity contribution is 5.63. The van der Waals surface area contributed by atoms with Crippen LogP contribution in [-0.2, 0) is 6.42 Å². The molecule has 0 saturated carbocycles. The summed E-state index contributed by atoms with van der Waals surface area (Å²) in [6, 6.07) is 10.7. The Morgan fingerprint density at radius 3 is 2.53 bits per heavy atom. The largest absolute Gasteiger partial charge is 0.330 e. The normalized spacial score (nSPS) is 11.1. The lowest BCUT2D eigenvalue weighted by atomic mass is 10.1. The zero-order valence-corrected chi connectivity index (χ0v) is 10.4. The molecule has 0 radical (unpaired) electrons. The summed E-state index contributed by atoms with van der Waals surface area (Å²) in [5.41, 5.74) is 9.30. The smallest absolute Gasteiger partial charge is 0.0717 e. The fraction of sp³-hybridized carbons (Fsp3) is 0.357. The van der Waals surface area contributed by atoms with Gasteiger partial charge in [0, 0.05) is 11.6 Å². The first-order valence-electron chi connectivity index (χ1n) is 6.06. The fourth-order valence-electron chi connectivity index (χ4n) is 2.04. The van der Waals surface area contributed by atoms with Crippen molar-refractivity contribution in [3.63, 3.8) is 0 Å². The molecule has 0 atom stereocenters. The van der Waals surface area contributed by atoms with Gasteiger partial charge in [0.2, 0.25) is 0 Å². The zero-order chi connectivity index (χ0) is 12.3. The first-order chi connectivity index (χ1) is 8.24. The molecular weight excluding hydrogens is 210 g/mol. The number of benzene rings is 1. The maximum absolute atomic E-state index is 5.66. The highest BCUT2D eigenvalue weighted by Gasteiger charge is 2.13. The molecule has 0 unspecified atom stereocenters. The minimum absolute atomic E-state index is 0.358. The number of hydrogen-bond donors (Lipinski definition) is 1. The molecule has 2 aromatic rings. The van der Waals surface area contributed by atoms with Crippen molar-refractivity contribution < 1.29 is 0 Å². The van der Waals surface area contributed by atoms with E-state index in [1.54, 1.807) is 0 Å². The third-order valence-electron chi connectivity index (χ3n) is 2.82. The SMILES string of the molecule is CC(C)n1ncc(CCN)c1-c1ccccc1. The molecule has 0 amide bonds. The molecule has 0 aliphatic carbocycles. The van der Waals surface area contributed by atoms with Crippen LogP contribution in [0.15, 0.2) is 36.5 Å². The number of hydrogen-bond acceptors (Lipinski definition) is 2. The summed E-state index contributed by atoms with van der Waals surface area (Å²) in [5.74, 6) is 0. The molecule has 17 heavy (non-hydrogen) atoms. The first-order valence-corrected chi connectivity index (χ1v) is 6.06. The second-order valence-corrected chi connectivity index (χ2v) is 4.46. The van der Waals surface area contributed by atoms with Crippen LogP contribution >= 0.6 is 0 Å². The van der Waals surface area contributed by atoms with E-state index in [1.165, 1.54) is 16.8 Å². The van der Waals surface area contributed by atoms with Gasteiger partial charge < -0.3 is 5.73 Å². The molecule has 1 heterocycles. The van der Waals surface area contributed by atoms with E-state index in [2.05, 4.69) is 47.9 Å². The molecule has 0 bridgehead atoms. The van der Waals surface area contributed by atoms with Crippen molar-refractivity contribution in [1.29, 1.82) is 0 Å². The van der Waals surface area contributed by atoms with E-state index >= 15 is 0 Å². The van der Waals surface area contributed by atoms with Crippen LogP contribution < -0.4 is 5.73 Å². The van der Waals surface area contributed by atoms with Gasteiger partial charge in [0.15, 0.2) is 0 Å². The Morgan fingerprint density at radius 1 is 1.24 bits per heavy atom. The van der Waals surface area contributed by atoms with E-state index in [1.807, 2.05) is 12.3 Å². The summed E-state index contributed by atoms with van der Waals surface area (Å²) >= 11 is 0. The summed E-state index contributed by atoms with van der Waals surface area (Å²) in [7, 11) is 0. The average molecular weight is 229 g/mol. The van der Waals surface area contributed by atoms with Gasteiger partial charge in [0.05, 0.1) is 11.9 Å². The van der Waals surface area contributed by atoms with Crippen LogP contribution in [0.1, 0.15) is 25.5 Å². The minimum Gasteiger partial charge on any atom is -0.330 e. The van der Waals surface area contributed by atoms with Gasteiger partial charge >= 0.3 is 0 Å². The van der Waals surface area contributed by atoms with Crippen molar-refractivity contribution in [3.8, 4) is 11.3 Å². The maximum Gasteiger partial charge on any atom is 0.0717 e. The third kappa shape index (κ3) is 2.39. The molecule has 0 aliphatic rings. The summed E-state index contributed by atoms with van der Waals surface area (Å²) in [6.07, 6.45) is 2.81. The molecule has 3 heteroatoms. The Labute approximate surface area is 102 Å².